The van der Waals surface area contributed by atoms with E-state index in [0.717, 1.165) is 17.4 Å². The standard InChI is InChI=1S/C22H33ClN2O5S/c1-15-13-24(8-9-25(15)21(27)30-22(3,4)5)14-17-11-18(23)12-19(16(17)2)20(26)7-10-31(6,28)29/h11-12,15H,7-10,13-14H2,1-6H3/t15-/m0/s1. The number of hydrogen-bond donors (Lipinski definition) is 0. The Bertz CT molecular complexity index is 940. The van der Waals surface area contributed by atoms with Gasteiger partial charge in [0.05, 0.1) is 5.75 Å². The first-order valence-corrected chi connectivity index (χ1v) is 12.8. The molecule has 0 aromatic heterocycles. The average Bonchev–Trinajstić information content (AvgIpc) is 2.60. The smallest absolute Gasteiger partial charge is 0.410 e. The lowest BCUT2D eigenvalue weighted by Gasteiger charge is -2.40. The predicted octanol–water partition coefficient (Wildman–Crippen LogP) is 3.71. The largest absolute Gasteiger partial charge is 0.444 e. The molecule has 1 saturated heterocycles. The SMILES string of the molecule is Cc1c(CN2CCN(C(=O)OC(C)(C)C)[C@@H](C)C2)cc(Cl)cc1C(=O)CCS(C)(=O)=O. The summed E-state index contributed by atoms with van der Waals surface area (Å²) in [7, 11) is -3.22. The fourth-order valence-electron chi connectivity index (χ4n) is 3.61. The molecule has 0 bridgehead atoms. The zero-order chi connectivity index (χ0) is 23.6. The van der Waals surface area contributed by atoms with Crippen molar-refractivity contribution < 1.29 is 22.7 Å². The van der Waals surface area contributed by atoms with Crippen molar-refractivity contribution in [2.75, 3.05) is 31.6 Å². The summed E-state index contributed by atoms with van der Waals surface area (Å²) >= 11 is 6.27. The number of ketones is 1. The molecule has 0 unspecified atom stereocenters. The monoisotopic (exact) mass is 472 g/mol. The molecule has 9 heteroatoms. The molecule has 1 aliphatic heterocycles. The number of Topliss-reactive ketones (excluding diaryl/α,β-unsaturated/α-hetero) is 1. The second-order valence-electron chi connectivity index (χ2n) is 9.30. The molecule has 1 aromatic carbocycles. The molecule has 174 valence electrons. The molecular formula is C22H33ClN2O5S. The van der Waals surface area contributed by atoms with Gasteiger partial charge in [-0.2, -0.15) is 0 Å². The Balaban J connectivity index is 2.09. The van der Waals surface area contributed by atoms with Crippen LogP contribution in [0.2, 0.25) is 5.02 Å². The summed E-state index contributed by atoms with van der Waals surface area (Å²) in [5.41, 5.74) is 1.66. The third-order valence-corrected chi connectivity index (χ3v) is 6.38. The maximum atomic E-state index is 12.6. The first-order chi connectivity index (χ1) is 14.2. The number of nitrogens with zero attached hydrogens (tertiary/aromatic N) is 2. The van der Waals surface area contributed by atoms with Crippen molar-refractivity contribution in [1.82, 2.24) is 9.80 Å². The molecule has 2 rings (SSSR count). The number of piperazine rings is 1. The van der Waals surface area contributed by atoms with Crippen molar-refractivity contribution in [3.05, 3.63) is 33.8 Å². The highest BCUT2D eigenvalue weighted by atomic mass is 35.5. The van der Waals surface area contributed by atoms with E-state index in [4.69, 9.17) is 16.3 Å². The zero-order valence-electron chi connectivity index (χ0n) is 19.2. The van der Waals surface area contributed by atoms with Crippen LogP contribution in [0.5, 0.6) is 0 Å². The molecule has 1 amide bonds. The van der Waals surface area contributed by atoms with Gasteiger partial charge in [0, 0.05) is 55.5 Å². The van der Waals surface area contributed by atoms with Gasteiger partial charge in [-0.05, 0) is 57.9 Å². The van der Waals surface area contributed by atoms with Crippen molar-refractivity contribution in [3.63, 3.8) is 0 Å². The quantitative estimate of drug-likeness (QED) is 0.587. The Morgan fingerprint density at radius 2 is 1.87 bits per heavy atom. The van der Waals surface area contributed by atoms with Crippen LogP contribution < -0.4 is 0 Å². The van der Waals surface area contributed by atoms with Crippen LogP contribution in [0.25, 0.3) is 0 Å². The molecule has 0 saturated carbocycles. The first kappa shape index (κ1) is 25.6. The summed E-state index contributed by atoms with van der Waals surface area (Å²) in [6.07, 6.45) is 0.747. The number of carbonyl (C=O) groups is 2. The van der Waals surface area contributed by atoms with Gasteiger partial charge in [-0.15, -0.1) is 0 Å². The Labute approximate surface area is 190 Å². The topological polar surface area (TPSA) is 84.0 Å². The third-order valence-electron chi connectivity index (χ3n) is 5.21. The van der Waals surface area contributed by atoms with Crippen molar-refractivity contribution in [2.45, 2.75) is 59.2 Å². The molecule has 0 spiro atoms. The molecule has 1 fully saturated rings. The molecule has 0 radical (unpaired) electrons. The summed E-state index contributed by atoms with van der Waals surface area (Å²) in [5, 5.41) is 0.448. The summed E-state index contributed by atoms with van der Waals surface area (Å²) in [6.45, 7) is 11.9. The van der Waals surface area contributed by atoms with E-state index in [0.29, 0.717) is 36.8 Å². The van der Waals surface area contributed by atoms with Crippen LogP contribution >= 0.6 is 11.6 Å². The summed E-state index contributed by atoms with van der Waals surface area (Å²) in [5.74, 6) is -0.410. The van der Waals surface area contributed by atoms with Gasteiger partial charge in [0.1, 0.15) is 15.4 Å². The van der Waals surface area contributed by atoms with E-state index in [1.54, 1.807) is 11.0 Å². The number of rotatable bonds is 6. The Morgan fingerprint density at radius 1 is 1.23 bits per heavy atom. The molecular weight excluding hydrogens is 440 g/mol. The maximum Gasteiger partial charge on any atom is 0.410 e. The van der Waals surface area contributed by atoms with E-state index in [1.807, 2.05) is 40.7 Å². The van der Waals surface area contributed by atoms with Gasteiger partial charge in [0.25, 0.3) is 0 Å². The van der Waals surface area contributed by atoms with Gasteiger partial charge in [-0.3, -0.25) is 9.69 Å². The maximum absolute atomic E-state index is 12.6. The number of amides is 1. The molecule has 0 N–H and O–H groups in total. The van der Waals surface area contributed by atoms with Crippen molar-refractivity contribution in [2.24, 2.45) is 0 Å². The predicted molar refractivity (Wildman–Crippen MR) is 123 cm³/mol. The van der Waals surface area contributed by atoms with E-state index < -0.39 is 15.4 Å². The van der Waals surface area contributed by atoms with Crippen LogP contribution in [0.3, 0.4) is 0 Å². The van der Waals surface area contributed by atoms with Crippen LogP contribution in [0, 0.1) is 6.92 Å². The number of halogens is 1. The average molecular weight is 473 g/mol. The summed E-state index contributed by atoms with van der Waals surface area (Å²) in [6, 6.07) is 3.43. The highest BCUT2D eigenvalue weighted by Gasteiger charge is 2.31. The minimum atomic E-state index is -3.22. The van der Waals surface area contributed by atoms with Gasteiger partial charge in [0.15, 0.2) is 5.78 Å². The van der Waals surface area contributed by atoms with E-state index in [1.165, 1.54) is 0 Å². The molecule has 1 heterocycles. The Hall–Kier alpha value is -1.64. The van der Waals surface area contributed by atoms with Crippen LogP contribution in [-0.4, -0.2) is 73.4 Å². The molecule has 0 aliphatic carbocycles. The highest BCUT2D eigenvalue weighted by molar-refractivity contribution is 7.90. The lowest BCUT2D eigenvalue weighted by atomic mass is 9.97. The normalized spacial score (nSPS) is 18.2. The van der Waals surface area contributed by atoms with Crippen molar-refractivity contribution in [3.8, 4) is 0 Å². The van der Waals surface area contributed by atoms with Gasteiger partial charge in [-0.25, -0.2) is 13.2 Å². The number of hydrogen-bond acceptors (Lipinski definition) is 6. The fourth-order valence-corrected chi connectivity index (χ4v) is 4.41. The summed E-state index contributed by atoms with van der Waals surface area (Å²) in [4.78, 5) is 29.0. The summed E-state index contributed by atoms with van der Waals surface area (Å²) < 4.78 is 28.3. The van der Waals surface area contributed by atoms with Crippen LogP contribution in [0.15, 0.2) is 12.1 Å². The van der Waals surface area contributed by atoms with Crippen LogP contribution in [0.4, 0.5) is 4.79 Å². The third kappa shape index (κ3) is 7.77. The lowest BCUT2D eigenvalue weighted by Crippen LogP contribution is -2.54. The minimum absolute atomic E-state index is 0.0149. The van der Waals surface area contributed by atoms with Gasteiger partial charge >= 0.3 is 6.09 Å². The molecule has 1 aliphatic rings. The Kier molecular flexibility index (Phi) is 8.16. The van der Waals surface area contributed by atoms with E-state index >= 15 is 0 Å². The van der Waals surface area contributed by atoms with Gasteiger partial charge in [-0.1, -0.05) is 11.6 Å². The molecule has 31 heavy (non-hydrogen) atoms. The first-order valence-electron chi connectivity index (χ1n) is 10.4. The highest BCUT2D eigenvalue weighted by Crippen LogP contribution is 2.25. The fraction of sp³-hybridized carbons (Fsp3) is 0.636. The van der Waals surface area contributed by atoms with Crippen molar-refractivity contribution in [1.29, 1.82) is 0 Å². The minimum Gasteiger partial charge on any atom is -0.444 e. The number of carbonyl (C=O) groups excluding carboxylic acids is 2. The van der Waals surface area contributed by atoms with Gasteiger partial charge in [0.2, 0.25) is 0 Å². The molecule has 1 aromatic rings. The van der Waals surface area contributed by atoms with Gasteiger partial charge < -0.3 is 9.64 Å². The molecule has 1 atom stereocenters. The van der Waals surface area contributed by atoms with Crippen molar-refractivity contribution >= 4 is 33.3 Å². The van der Waals surface area contributed by atoms with E-state index in [9.17, 15) is 18.0 Å². The van der Waals surface area contributed by atoms with Crippen LogP contribution in [-0.2, 0) is 21.1 Å². The number of benzene rings is 1. The zero-order valence-corrected chi connectivity index (χ0v) is 20.8. The molecule has 7 nitrogen and oxygen atoms in total. The van der Waals surface area contributed by atoms with Crippen LogP contribution in [0.1, 0.15) is 55.6 Å². The second-order valence-corrected chi connectivity index (χ2v) is 12.0. The Morgan fingerprint density at radius 3 is 2.42 bits per heavy atom. The lowest BCUT2D eigenvalue weighted by molar-refractivity contribution is 0.000520. The second kappa shape index (κ2) is 9.88. The van der Waals surface area contributed by atoms with E-state index in [-0.39, 0.29) is 30.1 Å². The van der Waals surface area contributed by atoms with E-state index in [2.05, 4.69) is 4.90 Å². The number of sulfone groups is 1. The number of ether oxygens (including phenoxy) is 1.